The molecular formula is C19H26ClF2N5O9P+. The smallest absolute Gasteiger partial charge is 0.403 e. The number of aliphatic hydroxyl groups excluding tert-OH is 1. The number of nitrogens with zero attached hydrogens (tertiary/aromatic N) is 4. The van der Waals surface area contributed by atoms with Gasteiger partial charge in [0.1, 0.15) is 29.2 Å². The standard InChI is InChI=1S/C19H25ClF2N5O9P/c1-25(8-3-2-7-20)37(32,33-10-12-4-5-15(35-12)27(30)31)34-11-13-16(28)19(21,22)17(36-13)26-9-6-14(23)24-18(26)29/h4-6,9,13,16-17,28,32H,2-3,7-8,10-11H2,1H3,(H-,23,24,29)/p+1/t13-,16-,17-,37?/m1/s1. The van der Waals surface area contributed by atoms with Crippen LogP contribution in [0.1, 0.15) is 24.8 Å². The molecule has 1 saturated heterocycles. The van der Waals surface area contributed by atoms with Gasteiger partial charge in [0.25, 0.3) is 0 Å². The van der Waals surface area contributed by atoms with Crippen molar-refractivity contribution >= 4 is 31.4 Å². The maximum Gasteiger partial charge on any atom is 0.501 e. The average Bonchev–Trinajstić information content (AvgIpc) is 3.40. The molecule has 206 valence electrons. The molecule has 2 aromatic rings. The number of ether oxygens (including phenoxy) is 1. The second-order valence-corrected chi connectivity index (χ2v) is 10.6. The molecule has 4 atom stereocenters. The number of aromatic nitrogens is 2. The van der Waals surface area contributed by atoms with Crippen LogP contribution in [0.25, 0.3) is 0 Å². The Morgan fingerprint density at radius 1 is 1.38 bits per heavy atom. The zero-order valence-electron chi connectivity index (χ0n) is 19.5. The van der Waals surface area contributed by atoms with Crippen molar-refractivity contribution in [3.63, 3.8) is 0 Å². The largest absolute Gasteiger partial charge is 0.501 e. The van der Waals surface area contributed by atoms with Gasteiger partial charge in [0.15, 0.2) is 12.7 Å². The minimum atomic E-state index is -3.98. The van der Waals surface area contributed by atoms with Crippen LogP contribution in [0.5, 0.6) is 0 Å². The Hall–Kier alpha value is -2.30. The molecule has 4 N–H and O–H groups in total. The van der Waals surface area contributed by atoms with Gasteiger partial charge in [-0.2, -0.15) is 27.7 Å². The molecule has 18 heteroatoms. The van der Waals surface area contributed by atoms with Crippen LogP contribution in [0.2, 0.25) is 0 Å². The van der Waals surface area contributed by atoms with E-state index in [1.54, 1.807) is 0 Å². The SMILES string of the molecule is CN(CCCCCl)[P+](O)(OCc1ccc([N+](=O)[O-])o1)OC[C@H]1O[C@@H](n2ccc(N)nc2=O)C(F)(F)[C@@H]1O. The number of aliphatic hydroxyl groups is 1. The average molecular weight is 573 g/mol. The number of rotatable bonds is 13. The summed E-state index contributed by atoms with van der Waals surface area (Å²) in [6.07, 6.45) is -4.23. The van der Waals surface area contributed by atoms with Crippen LogP contribution < -0.4 is 11.4 Å². The zero-order valence-corrected chi connectivity index (χ0v) is 21.1. The van der Waals surface area contributed by atoms with Crippen LogP contribution in [0.4, 0.5) is 20.5 Å². The van der Waals surface area contributed by atoms with Gasteiger partial charge in [0, 0.05) is 25.7 Å². The van der Waals surface area contributed by atoms with Crippen LogP contribution in [-0.4, -0.2) is 73.4 Å². The molecule has 0 aromatic carbocycles. The quantitative estimate of drug-likeness (QED) is 0.104. The molecule has 2 aromatic heterocycles. The highest BCUT2D eigenvalue weighted by atomic mass is 35.5. The van der Waals surface area contributed by atoms with Crippen LogP contribution in [-0.2, 0) is 20.4 Å². The number of nitrogen functional groups attached to an aromatic ring is 1. The number of anilines is 1. The molecule has 1 aliphatic heterocycles. The molecule has 14 nitrogen and oxygen atoms in total. The summed E-state index contributed by atoms with van der Waals surface area (Å²) in [4.78, 5) is 36.7. The van der Waals surface area contributed by atoms with E-state index in [0.29, 0.717) is 23.3 Å². The van der Waals surface area contributed by atoms with Crippen molar-refractivity contribution in [2.24, 2.45) is 0 Å². The minimum absolute atomic E-state index is 0.00172. The van der Waals surface area contributed by atoms with Crippen molar-refractivity contribution in [3.05, 3.63) is 50.8 Å². The maximum atomic E-state index is 14.8. The molecule has 3 heterocycles. The normalized spacial score (nSPS) is 22.8. The fraction of sp³-hybridized carbons (Fsp3) is 0.579. The molecule has 0 bridgehead atoms. The molecule has 3 rings (SSSR count). The summed E-state index contributed by atoms with van der Waals surface area (Å²) in [7, 11) is -2.53. The fourth-order valence-electron chi connectivity index (χ4n) is 3.37. The first-order chi connectivity index (χ1) is 17.4. The Bertz CT molecular complexity index is 1140. The summed E-state index contributed by atoms with van der Waals surface area (Å²) in [6.45, 7) is -0.973. The van der Waals surface area contributed by atoms with E-state index in [1.165, 1.54) is 17.8 Å². The number of nitrogens with two attached hydrogens (primary N) is 1. The topological polar surface area (TPSA) is 189 Å². The number of halogens is 3. The van der Waals surface area contributed by atoms with E-state index >= 15 is 0 Å². The van der Waals surface area contributed by atoms with Gasteiger partial charge in [-0.3, -0.25) is 14.7 Å². The monoisotopic (exact) mass is 572 g/mol. The first-order valence-electron chi connectivity index (χ1n) is 10.9. The van der Waals surface area contributed by atoms with E-state index in [4.69, 9.17) is 35.5 Å². The van der Waals surface area contributed by atoms with E-state index in [-0.39, 0.29) is 18.1 Å². The summed E-state index contributed by atoms with van der Waals surface area (Å²) >= 11 is 5.69. The van der Waals surface area contributed by atoms with E-state index in [9.17, 15) is 33.7 Å². The number of unbranched alkanes of at least 4 members (excludes halogenated alkanes) is 1. The molecule has 0 spiro atoms. The van der Waals surface area contributed by atoms with Gasteiger partial charge in [-0.15, -0.1) is 16.3 Å². The lowest BCUT2D eigenvalue weighted by Gasteiger charge is -2.25. The lowest BCUT2D eigenvalue weighted by atomic mass is 10.1. The first-order valence-corrected chi connectivity index (χ1v) is 12.9. The summed E-state index contributed by atoms with van der Waals surface area (Å²) in [5.74, 6) is -4.29. The lowest BCUT2D eigenvalue weighted by Crippen LogP contribution is -2.42. The maximum absolute atomic E-state index is 14.8. The molecule has 37 heavy (non-hydrogen) atoms. The molecule has 1 fully saturated rings. The number of hydrogen-bond acceptors (Lipinski definition) is 12. The Morgan fingerprint density at radius 2 is 2.11 bits per heavy atom. The van der Waals surface area contributed by atoms with Crippen molar-refractivity contribution < 1.29 is 41.9 Å². The molecule has 0 radical (unpaired) electrons. The predicted octanol–water partition coefficient (Wildman–Crippen LogP) is 2.07. The van der Waals surface area contributed by atoms with Crippen LogP contribution in [0.3, 0.4) is 0 Å². The molecular weight excluding hydrogens is 547 g/mol. The number of alkyl halides is 3. The van der Waals surface area contributed by atoms with Crippen molar-refractivity contribution in [2.45, 2.75) is 43.8 Å². The highest BCUT2D eigenvalue weighted by Crippen LogP contribution is 2.60. The third kappa shape index (κ3) is 6.78. The van der Waals surface area contributed by atoms with Crippen molar-refractivity contribution in [1.29, 1.82) is 0 Å². The second-order valence-electron chi connectivity index (χ2n) is 8.02. The highest BCUT2D eigenvalue weighted by Gasteiger charge is 2.61. The molecule has 1 aliphatic rings. The van der Waals surface area contributed by atoms with Crippen LogP contribution >= 0.6 is 19.7 Å². The van der Waals surface area contributed by atoms with Gasteiger partial charge >= 0.3 is 25.6 Å². The van der Waals surface area contributed by atoms with E-state index < -0.39 is 62.2 Å². The Labute approximate surface area is 214 Å². The van der Waals surface area contributed by atoms with Gasteiger partial charge in [0.2, 0.25) is 6.23 Å². The van der Waals surface area contributed by atoms with Crippen LogP contribution in [0, 0.1) is 10.1 Å². The van der Waals surface area contributed by atoms with Crippen molar-refractivity contribution in [2.75, 3.05) is 31.8 Å². The summed E-state index contributed by atoms with van der Waals surface area (Å²) < 4.78 is 52.7. The fourth-order valence-corrected chi connectivity index (χ4v) is 5.06. The summed E-state index contributed by atoms with van der Waals surface area (Å²) in [6, 6.07) is 3.48. The number of furan rings is 1. The third-order valence-corrected chi connectivity index (χ3v) is 7.67. The second kappa shape index (κ2) is 12.0. The van der Waals surface area contributed by atoms with Gasteiger partial charge in [-0.25, -0.2) is 4.79 Å². The van der Waals surface area contributed by atoms with Gasteiger partial charge in [-0.1, -0.05) is 0 Å². The highest BCUT2D eigenvalue weighted by molar-refractivity contribution is 7.58. The minimum Gasteiger partial charge on any atom is -0.403 e. The third-order valence-electron chi connectivity index (χ3n) is 5.39. The molecule has 1 unspecified atom stereocenters. The van der Waals surface area contributed by atoms with Crippen LogP contribution in [0.15, 0.2) is 33.6 Å². The van der Waals surface area contributed by atoms with Gasteiger partial charge in [0.05, 0.1) is 6.07 Å². The zero-order chi connectivity index (χ0) is 27.4. The van der Waals surface area contributed by atoms with E-state index in [2.05, 4.69) is 4.98 Å². The Morgan fingerprint density at radius 3 is 2.73 bits per heavy atom. The molecule has 0 saturated carbocycles. The predicted molar refractivity (Wildman–Crippen MR) is 126 cm³/mol. The van der Waals surface area contributed by atoms with E-state index in [0.717, 1.165) is 18.3 Å². The first kappa shape index (κ1) is 29.3. The van der Waals surface area contributed by atoms with Crippen molar-refractivity contribution in [3.8, 4) is 0 Å². The molecule has 0 aliphatic carbocycles. The molecule has 0 amide bonds. The summed E-state index contributed by atoms with van der Waals surface area (Å²) in [5, 5.41) is 21.1. The van der Waals surface area contributed by atoms with Gasteiger partial charge in [-0.05, 0) is 25.0 Å². The Balaban J connectivity index is 1.74. The number of hydrogen-bond donors (Lipinski definition) is 3. The summed E-state index contributed by atoms with van der Waals surface area (Å²) in [5.41, 5.74) is 4.28. The lowest BCUT2D eigenvalue weighted by molar-refractivity contribution is -0.402. The van der Waals surface area contributed by atoms with Crippen molar-refractivity contribution in [1.82, 2.24) is 14.2 Å². The Kier molecular flexibility index (Phi) is 9.52. The van der Waals surface area contributed by atoms with Gasteiger partial charge < -0.3 is 20.0 Å². The van der Waals surface area contributed by atoms with E-state index in [1.807, 2.05) is 0 Å². The number of nitro groups is 1.